The van der Waals surface area contributed by atoms with Crippen LogP contribution in [-0.4, -0.2) is 47.9 Å². The van der Waals surface area contributed by atoms with Crippen LogP contribution in [-0.2, 0) is 0 Å². The van der Waals surface area contributed by atoms with E-state index in [-0.39, 0.29) is 5.91 Å². The Kier molecular flexibility index (Phi) is 2.49. The lowest BCUT2D eigenvalue weighted by Crippen LogP contribution is -2.33. The van der Waals surface area contributed by atoms with Gasteiger partial charge in [-0.2, -0.15) is 0 Å². The van der Waals surface area contributed by atoms with E-state index < -0.39 is 0 Å². The van der Waals surface area contributed by atoms with Crippen LogP contribution in [0, 0.1) is 11.8 Å². The molecular formula is C14H18N2OS. The van der Waals surface area contributed by atoms with Gasteiger partial charge in [-0.3, -0.25) is 9.69 Å². The third-order valence-electron chi connectivity index (χ3n) is 4.60. The maximum Gasteiger partial charge on any atom is 0.263 e. The topological polar surface area (TPSA) is 23.6 Å². The van der Waals surface area contributed by atoms with E-state index in [0.29, 0.717) is 0 Å². The monoisotopic (exact) mass is 262 g/mol. The average molecular weight is 262 g/mol. The molecule has 96 valence electrons. The lowest BCUT2D eigenvalue weighted by molar-refractivity contribution is 0.0778. The van der Waals surface area contributed by atoms with Crippen molar-refractivity contribution >= 4 is 17.2 Å². The summed E-state index contributed by atoms with van der Waals surface area (Å²) in [5, 5.41) is 1.99. The van der Waals surface area contributed by atoms with Crippen LogP contribution in [0.1, 0.15) is 22.5 Å². The van der Waals surface area contributed by atoms with Crippen molar-refractivity contribution in [3.63, 3.8) is 0 Å². The van der Waals surface area contributed by atoms with Gasteiger partial charge in [0, 0.05) is 32.2 Å². The molecule has 1 aromatic rings. The standard InChI is InChI=1S/C14H18N2OS/c17-14(13-2-1-5-18-13)16-8-10-6-15(12-3-4-12)7-11(10)9-16/h1-2,5,10-12H,3-4,6-9H2. The number of nitrogens with zero attached hydrogens (tertiary/aromatic N) is 2. The van der Waals surface area contributed by atoms with Crippen molar-refractivity contribution in [2.45, 2.75) is 18.9 Å². The van der Waals surface area contributed by atoms with Crippen LogP contribution >= 0.6 is 11.3 Å². The molecule has 4 rings (SSSR count). The van der Waals surface area contributed by atoms with E-state index in [1.54, 1.807) is 11.3 Å². The lowest BCUT2D eigenvalue weighted by Gasteiger charge is -2.20. The van der Waals surface area contributed by atoms with Gasteiger partial charge in [-0.1, -0.05) is 6.07 Å². The molecule has 3 aliphatic rings. The van der Waals surface area contributed by atoms with Crippen LogP contribution in [0.2, 0.25) is 0 Å². The number of carbonyl (C=O) groups excluding carboxylic acids is 1. The summed E-state index contributed by atoms with van der Waals surface area (Å²) in [4.78, 5) is 17.9. The summed E-state index contributed by atoms with van der Waals surface area (Å²) in [6.07, 6.45) is 2.80. The van der Waals surface area contributed by atoms with E-state index in [2.05, 4.69) is 9.80 Å². The Morgan fingerprint density at radius 1 is 1.17 bits per heavy atom. The van der Waals surface area contributed by atoms with Gasteiger partial charge < -0.3 is 4.90 Å². The third-order valence-corrected chi connectivity index (χ3v) is 5.45. The molecule has 4 heteroatoms. The molecule has 0 N–H and O–H groups in total. The zero-order valence-corrected chi connectivity index (χ0v) is 11.2. The quantitative estimate of drug-likeness (QED) is 0.813. The SMILES string of the molecule is O=C(c1cccs1)N1CC2CN(C3CC3)CC2C1. The first-order valence-corrected chi connectivity index (χ1v) is 7.76. The Labute approximate surface area is 111 Å². The van der Waals surface area contributed by atoms with Crippen molar-refractivity contribution < 1.29 is 4.79 Å². The molecular weight excluding hydrogens is 244 g/mol. The maximum absolute atomic E-state index is 12.3. The molecule has 1 aliphatic carbocycles. The molecule has 3 heterocycles. The van der Waals surface area contributed by atoms with Gasteiger partial charge in [-0.05, 0) is 36.1 Å². The molecule has 1 amide bonds. The molecule has 2 saturated heterocycles. The highest BCUT2D eigenvalue weighted by molar-refractivity contribution is 7.12. The minimum atomic E-state index is 0.248. The smallest absolute Gasteiger partial charge is 0.263 e. The molecule has 18 heavy (non-hydrogen) atoms. The van der Waals surface area contributed by atoms with Gasteiger partial charge in [0.1, 0.15) is 0 Å². The van der Waals surface area contributed by atoms with Gasteiger partial charge in [0.15, 0.2) is 0 Å². The molecule has 3 fully saturated rings. The Balaban J connectivity index is 1.42. The Bertz CT molecular complexity index is 440. The van der Waals surface area contributed by atoms with E-state index in [4.69, 9.17) is 0 Å². The summed E-state index contributed by atoms with van der Waals surface area (Å²) in [7, 11) is 0. The van der Waals surface area contributed by atoms with Gasteiger partial charge >= 0.3 is 0 Å². The largest absolute Gasteiger partial charge is 0.337 e. The van der Waals surface area contributed by atoms with Gasteiger partial charge in [-0.15, -0.1) is 11.3 Å². The van der Waals surface area contributed by atoms with Crippen LogP contribution in [0.5, 0.6) is 0 Å². The van der Waals surface area contributed by atoms with Crippen molar-refractivity contribution in [3.8, 4) is 0 Å². The van der Waals surface area contributed by atoms with Crippen LogP contribution in [0.3, 0.4) is 0 Å². The first-order chi connectivity index (χ1) is 8.81. The number of carbonyl (C=O) groups is 1. The predicted molar refractivity (Wildman–Crippen MR) is 71.8 cm³/mol. The fraction of sp³-hybridized carbons (Fsp3) is 0.643. The van der Waals surface area contributed by atoms with Gasteiger partial charge in [0.25, 0.3) is 5.91 Å². The highest BCUT2D eigenvalue weighted by Crippen LogP contribution is 2.38. The lowest BCUT2D eigenvalue weighted by atomic mass is 10.0. The minimum absolute atomic E-state index is 0.248. The van der Waals surface area contributed by atoms with Gasteiger partial charge in [0.05, 0.1) is 4.88 Å². The highest BCUT2D eigenvalue weighted by atomic mass is 32.1. The number of likely N-dealkylation sites (tertiary alicyclic amines) is 2. The van der Waals surface area contributed by atoms with E-state index in [1.165, 1.54) is 25.9 Å². The first kappa shape index (κ1) is 11.0. The first-order valence-electron chi connectivity index (χ1n) is 6.88. The number of thiophene rings is 1. The van der Waals surface area contributed by atoms with Crippen molar-refractivity contribution in [2.75, 3.05) is 26.2 Å². The van der Waals surface area contributed by atoms with Crippen LogP contribution in [0.25, 0.3) is 0 Å². The van der Waals surface area contributed by atoms with Crippen molar-refractivity contribution in [2.24, 2.45) is 11.8 Å². The number of hydrogen-bond donors (Lipinski definition) is 0. The van der Waals surface area contributed by atoms with Crippen molar-refractivity contribution in [3.05, 3.63) is 22.4 Å². The molecule has 0 aromatic carbocycles. The summed E-state index contributed by atoms with van der Waals surface area (Å²) in [6, 6.07) is 4.79. The normalized spacial score (nSPS) is 31.9. The molecule has 1 saturated carbocycles. The zero-order chi connectivity index (χ0) is 12.1. The third kappa shape index (κ3) is 1.79. The molecule has 3 nitrogen and oxygen atoms in total. The predicted octanol–water partition coefficient (Wildman–Crippen LogP) is 1.91. The fourth-order valence-corrected chi connectivity index (χ4v) is 4.18. The highest BCUT2D eigenvalue weighted by Gasteiger charge is 2.45. The summed E-state index contributed by atoms with van der Waals surface area (Å²) in [5.74, 6) is 1.71. The number of fused-ring (bicyclic) bond motifs is 1. The van der Waals surface area contributed by atoms with Gasteiger partial charge in [0.2, 0.25) is 0 Å². The summed E-state index contributed by atoms with van der Waals surface area (Å²) >= 11 is 1.56. The Hall–Kier alpha value is -0.870. The summed E-state index contributed by atoms with van der Waals surface area (Å²) in [5.41, 5.74) is 0. The van der Waals surface area contributed by atoms with E-state index >= 15 is 0 Å². The fourth-order valence-electron chi connectivity index (χ4n) is 3.49. The zero-order valence-electron chi connectivity index (χ0n) is 10.4. The molecule has 2 unspecified atom stereocenters. The van der Waals surface area contributed by atoms with Crippen molar-refractivity contribution in [1.82, 2.24) is 9.80 Å². The van der Waals surface area contributed by atoms with Crippen LogP contribution in [0.15, 0.2) is 17.5 Å². The second-order valence-electron chi connectivity index (χ2n) is 5.89. The molecule has 1 aromatic heterocycles. The number of rotatable bonds is 2. The minimum Gasteiger partial charge on any atom is -0.337 e. The number of amides is 1. The van der Waals surface area contributed by atoms with Crippen LogP contribution < -0.4 is 0 Å². The molecule has 2 atom stereocenters. The molecule has 2 aliphatic heterocycles. The summed E-state index contributed by atoms with van der Waals surface area (Å²) < 4.78 is 0. The Morgan fingerprint density at radius 3 is 2.44 bits per heavy atom. The van der Waals surface area contributed by atoms with Crippen LogP contribution in [0.4, 0.5) is 0 Å². The van der Waals surface area contributed by atoms with E-state index in [0.717, 1.165) is 35.8 Å². The van der Waals surface area contributed by atoms with Crippen molar-refractivity contribution in [1.29, 1.82) is 0 Å². The summed E-state index contributed by atoms with van der Waals surface area (Å²) in [6.45, 7) is 4.41. The molecule has 0 spiro atoms. The molecule has 0 bridgehead atoms. The second kappa shape index (κ2) is 4.07. The van der Waals surface area contributed by atoms with E-state index in [9.17, 15) is 4.79 Å². The second-order valence-corrected chi connectivity index (χ2v) is 6.84. The average Bonchev–Trinajstić information content (AvgIpc) is 2.81. The number of hydrogen-bond acceptors (Lipinski definition) is 3. The molecule has 0 radical (unpaired) electrons. The van der Waals surface area contributed by atoms with Gasteiger partial charge in [-0.25, -0.2) is 0 Å². The Morgan fingerprint density at radius 2 is 1.89 bits per heavy atom. The van der Waals surface area contributed by atoms with E-state index in [1.807, 2.05) is 17.5 Å². The maximum atomic E-state index is 12.3.